The smallest absolute Gasteiger partial charge is 0.399 e. The van der Waals surface area contributed by atoms with Crippen molar-refractivity contribution in [1.29, 1.82) is 5.26 Å². The van der Waals surface area contributed by atoms with E-state index in [1.807, 2.05) is 12.1 Å². The van der Waals surface area contributed by atoms with E-state index in [0.717, 1.165) is 49.1 Å². The standard InChI is InChI=1S/C23H24F3N3/c1-3-19(15-5-4-6-15)22(16-7-9-18(28)10-8-16)21(12-27)20-11-17(23(24,25)26)13-29-14(20)2/h7-11,13,15,19H,3-6,28H2,1-2H3. The maximum atomic E-state index is 13.3. The summed E-state index contributed by atoms with van der Waals surface area (Å²) >= 11 is 0. The Hall–Kier alpha value is -2.81. The minimum Gasteiger partial charge on any atom is -0.399 e. The molecule has 152 valence electrons. The molecule has 3 nitrogen and oxygen atoms in total. The van der Waals surface area contributed by atoms with Crippen molar-refractivity contribution in [3.63, 3.8) is 0 Å². The summed E-state index contributed by atoms with van der Waals surface area (Å²) in [4.78, 5) is 3.94. The van der Waals surface area contributed by atoms with Gasteiger partial charge in [-0.05, 0) is 67.4 Å². The number of nitrogen functional groups attached to an aromatic ring is 1. The molecular weight excluding hydrogens is 375 g/mol. The molecule has 0 radical (unpaired) electrons. The van der Waals surface area contributed by atoms with Gasteiger partial charge in [-0.1, -0.05) is 25.5 Å². The molecule has 0 bridgehead atoms. The summed E-state index contributed by atoms with van der Waals surface area (Å²) in [6, 6.07) is 10.5. The van der Waals surface area contributed by atoms with Crippen molar-refractivity contribution in [2.45, 2.75) is 45.7 Å². The van der Waals surface area contributed by atoms with E-state index in [9.17, 15) is 18.4 Å². The summed E-state index contributed by atoms with van der Waals surface area (Å²) in [6.07, 6.45) is 0.379. The summed E-state index contributed by atoms with van der Waals surface area (Å²) < 4.78 is 39.9. The minimum atomic E-state index is -4.52. The quantitative estimate of drug-likeness (QED) is 0.477. The van der Waals surface area contributed by atoms with Crippen molar-refractivity contribution < 1.29 is 13.2 Å². The van der Waals surface area contributed by atoms with Crippen LogP contribution in [-0.4, -0.2) is 4.98 Å². The summed E-state index contributed by atoms with van der Waals surface area (Å²) in [7, 11) is 0. The number of alkyl halides is 3. The van der Waals surface area contributed by atoms with Gasteiger partial charge in [0.2, 0.25) is 0 Å². The number of nitrogens with two attached hydrogens (primary N) is 1. The van der Waals surface area contributed by atoms with Gasteiger partial charge in [-0.25, -0.2) is 0 Å². The number of pyridine rings is 1. The summed E-state index contributed by atoms with van der Waals surface area (Å²) in [5.41, 5.74) is 8.12. The lowest BCUT2D eigenvalue weighted by Gasteiger charge is -2.36. The molecule has 1 unspecified atom stereocenters. The van der Waals surface area contributed by atoms with Gasteiger partial charge < -0.3 is 5.73 Å². The zero-order valence-corrected chi connectivity index (χ0v) is 16.6. The molecule has 0 aliphatic heterocycles. The van der Waals surface area contributed by atoms with Crippen molar-refractivity contribution in [3.8, 4) is 6.07 Å². The number of anilines is 1. The SMILES string of the molecule is CCC(C(=C(C#N)c1cc(C(F)(F)F)cnc1C)c1ccc(N)cc1)C1CCC1. The zero-order chi connectivity index (χ0) is 21.2. The van der Waals surface area contributed by atoms with Crippen LogP contribution in [-0.2, 0) is 6.18 Å². The average Bonchev–Trinajstić information content (AvgIpc) is 2.64. The van der Waals surface area contributed by atoms with Crippen LogP contribution >= 0.6 is 0 Å². The first-order chi connectivity index (χ1) is 13.8. The fraction of sp³-hybridized carbons (Fsp3) is 0.391. The van der Waals surface area contributed by atoms with Gasteiger partial charge in [0, 0.05) is 23.1 Å². The van der Waals surface area contributed by atoms with Gasteiger partial charge in [0.1, 0.15) is 6.07 Å². The first-order valence-corrected chi connectivity index (χ1v) is 9.80. The number of rotatable bonds is 5. The number of hydrogen-bond acceptors (Lipinski definition) is 3. The molecule has 1 aliphatic carbocycles. The van der Waals surface area contributed by atoms with Crippen molar-refractivity contribution in [2.24, 2.45) is 11.8 Å². The molecule has 1 saturated carbocycles. The van der Waals surface area contributed by atoms with Gasteiger partial charge in [0.05, 0.1) is 11.1 Å². The van der Waals surface area contributed by atoms with Crippen LogP contribution in [0.1, 0.15) is 55.0 Å². The van der Waals surface area contributed by atoms with Crippen LogP contribution in [0, 0.1) is 30.1 Å². The highest BCUT2D eigenvalue weighted by Crippen LogP contribution is 2.45. The maximum absolute atomic E-state index is 13.3. The largest absolute Gasteiger partial charge is 0.417 e. The Morgan fingerprint density at radius 2 is 1.93 bits per heavy atom. The second-order valence-electron chi connectivity index (χ2n) is 7.58. The normalized spacial score (nSPS) is 16.6. The number of benzene rings is 1. The van der Waals surface area contributed by atoms with Gasteiger partial charge in [-0.15, -0.1) is 0 Å². The predicted molar refractivity (Wildman–Crippen MR) is 108 cm³/mol. The molecule has 29 heavy (non-hydrogen) atoms. The van der Waals surface area contributed by atoms with E-state index < -0.39 is 11.7 Å². The van der Waals surface area contributed by atoms with E-state index in [4.69, 9.17) is 5.73 Å². The number of hydrogen-bond donors (Lipinski definition) is 1. The maximum Gasteiger partial charge on any atom is 0.417 e. The third kappa shape index (κ3) is 4.29. The van der Waals surface area contributed by atoms with Crippen LogP contribution in [0.2, 0.25) is 0 Å². The van der Waals surface area contributed by atoms with Crippen molar-refractivity contribution in [3.05, 3.63) is 58.9 Å². The molecule has 1 atom stereocenters. The molecule has 1 aromatic heterocycles. The zero-order valence-electron chi connectivity index (χ0n) is 16.6. The van der Waals surface area contributed by atoms with Crippen LogP contribution in [0.3, 0.4) is 0 Å². The lowest BCUT2D eigenvalue weighted by Crippen LogP contribution is -2.23. The Bertz CT molecular complexity index is 949. The third-order valence-electron chi connectivity index (χ3n) is 5.82. The van der Waals surface area contributed by atoms with Crippen molar-refractivity contribution >= 4 is 16.8 Å². The molecule has 0 spiro atoms. The highest BCUT2D eigenvalue weighted by molar-refractivity contribution is 5.99. The van der Waals surface area contributed by atoms with Crippen molar-refractivity contribution in [2.75, 3.05) is 5.73 Å². The number of allylic oxidation sites excluding steroid dienone is 2. The highest BCUT2D eigenvalue weighted by Gasteiger charge is 2.34. The number of halogens is 3. The Kier molecular flexibility index (Phi) is 5.97. The monoisotopic (exact) mass is 399 g/mol. The Morgan fingerprint density at radius 3 is 2.41 bits per heavy atom. The Morgan fingerprint density at radius 1 is 1.28 bits per heavy atom. The predicted octanol–water partition coefficient (Wildman–Crippen LogP) is 6.25. The number of nitriles is 1. The fourth-order valence-corrected chi connectivity index (χ4v) is 4.03. The van der Waals surface area contributed by atoms with Crippen molar-refractivity contribution in [1.82, 2.24) is 4.98 Å². The highest BCUT2D eigenvalue weighted by atomic mass is 19.4. The van der Waals surface area contributed by atoms with Crippen LogP contribution in [0.25, 0.3) is 11.1 Å². The minimum absolute atomic E-state index is 0.0935. The third-order valence-corrected chi connectivity index (χ3v) is 5.82. The molecule has 1 heterocycles. The molecular formula is C23H24F3N3. The number of nitrogens with zero attached hydrogens (tertiary/aromatic N) is 2. The number of aryl methyl sites for hydroxylation is 1. The van der Waals surface area contributed by atoms with E-state index >= 15 is 0 Å². The average molecular weight is 399 g/mol. The fourth-order valence-electron chi connectivity index (χ4n) is 4.03. The van der Waals surface area contributed by atoms with Gasteiger partial charge >= 0.3 is 6.18 Å². The first kappa shape index (κ1) is 20.9. The first-order valence-electron chi connectivity index (χ1n) is 9.80. The molecule has 6 heteroatoms. The summed E-state index contributed by atoms with van der Waals surface area (Å²) in [5.74, 6) is 0.519. The van der Waals surface area contributed by atoms with Gasteiger partial charge in [-0.2, -0.15) is 18.4 Å². The lowest BCUT2D eigenvalue weighted by molar-refractivity contribution is -0.137. The molecule has 2 aromatic rings. The number of aromatic nitrogens is 1. The summed E-state index contributed by atoms with van der Waals surface area (Å²) in [6.45, 7) is 3.70. The molecule has 1 aromatic carbocycles. The molecule has 1 fully saturated rings. The van der Waals surface area contributed by atoms with Gasteiger partial charge in [-0.3, -0.25) is 4.98 Å². The van der Waals surface area contributed by atoms with Crippen LogP contribution in [0.4, 0.5) is 18.9 Å². The van der Waals surface area contributed by atoms with E-state index in [0.29, 0.717) is 17.3 Å². The topological polar surface area (TPSA) is 62.7 Å². The second kappa shape index (κ2) is 8.28. The second-order valence-corrected chi connectivity index (χ2v) is 7.58. The molecule has 1 aliphatic rings. The summed E-state index contributed by atoms with van der Waals surface area (Å²) in [5, 5.41) is 10.1. The molecule has 2 N–H and O–H groups in total. The van der Waals surface area contributed by atoms with E-state index in [-0.39, 0.29) is 17.1 Å². The van der Waals surface area contributed by atoms with Gasteiger partial charge in [0.25, 0.3) is 0 Å². The van der Waals surface area contributed by atoms with E-state index in [2.05, 4.69) is 18.0 Å². The van der Waals surface area contributed by atoms with E-state index in [1.165, 1.54) is 0 Å². The van der Waals surface area contributed by atoms with Crippen LogP contribution in [0.15, 0.2) is 36.5 Å². The Labute approximate surface area is 169 Å². The van der Waals surface area contributed by atoms with Gasteiger partial charge in [0.15, 0.2) is 0 Å². The van der Waals surface area contributed by atoms with Crippen LogP contribution in [0.5, 0.6) is 0 Å². The molecule has 3 rings (SSSR count). The van der Waals surface area contributed by atoms with Crippen LogP contribution < -0.4 is 5.73 Å². The molecule has 0 saturated heterocycles. The lowest BCUT2D eigenvalue weighted by atomic mass is 9.69. The Balaban J connectivity index is 2.27. The molecule has 0 amide bonds. The van der Waals surface area contributed by atoms with E-state index in [1.54, 1.807) is 19.1 Å².